The lowest BCUT2D eigenvalue weighted by Gasteiger charge is -2.68. The minimum Gasteiger partial charge on any atom is -0.299 e. The topological polar surface area (TPSA) is 17.1 Å². The van der Waals surface area contributed by atoms with E-state index in [0.29, 0.717) is 11.2 Å². The van der Waals surface area contributed by atoms with Crippen LogP contribution in [-0.4, -0.2) is 5.78 Å². The van der Waals surface area contributed by atoms with E-state index in [4.69, 9.17) is 0 Å². The summed E-state index contributed by atoms with van der Waals surface area (Å²) in [7, 11) is 0. The normalized spacial score (nSPS) is 37.8. The predicted molar refractivity (Wildman–Crippen MR) is 62.6 cm³/mol. The molecule has 84 valence electrons. The first-order valence-electron chi connectivity index (χ1n) is 5.98. The van der Waals surface area contributed by atoms with Crippen molar-refractivity contribution in [2.45, 2.75) is 52.9 Å². The second kappa shape index (κ2) is 2.96. The van der Waals surface area contributed by atoms with Crippen LogP contribution in [0.5, 0.6) is 0 Å². The fourth-order valence-corrected chi connectivity index (χ4v) is 3.39. The summed E-state index contributed by atoms with van der Waals surface area (Å²) < 4.78 is 0. The van der Waals surface area contributed by atoms with Crippen LogP contribution in [0.2, 0.25) is 0 Å². The molecule has 0 radical (unpaired) electrons. The number of carbonyl (C=O) groups excluding carboxylic acids is 1. The van der Waals surface area contributed by atoms with Crippen molar-refractivity contribution in [1.82, 2.24) is 0 Å². The van der Waals surface area contributed by atoms with Crippen molar-refractivity contribution in [3.05, 3.63) is 12.7 Å². The third-order valence-electron chi connectivity index (χ3n) is 4.44. The molecule has 3 saturated carbocycles. The smallest absolute Gasteiger partial charge is 0.139 e. The number of ketones is 1. The van der Waals surface area contributed by atoms with E-state index in [1.165, 1.54) is 0 Å². The van der Waals surface area contributed by atoms with Gasteiger partial charge >= 0.3 is 0 Å². The number of carbonyl (C=O) groups is 1. The molecule has 1 heteroatoms. The molecule has 0 amide bonds. The van der Waals surface area contributed by atoms with Gasteiger partial charge in [-0.1, -0.05) is 26.8 Å². The van der Waals surface area contributed by atoms with Crippen LogP contribution in [0.25, 0.3) is 0 Å². The van der Waals surface area contributed by atoms with Gasteiger partial charge < -0.3 is 0 Å². The summed E-state index contributed by atoms with van der Waals surface area (Å²) >= 11 is 0. The minimum atomic E-state index is 0.114. The Morgan fingerprint density at radius 2 is 1.93 bits per heavy atom. The first kappa shape index (κ1) is 10.9. The number of hydrogen-bond acceptors (Lipinski definition) is 1. The summed E-state index contributed by atoms with van der Waals surface area (Å²) in [5, 5.41) is 0. The molecule has 0 spiro atoms. The molecule has 3 rings (SSSR count). The van der Waals surface area contributed by atoms with E-state index in [1.807, 2.05) is 6.08 Å². The van der Waals surface area contributed by atoms with Crippen molar-refractivity contribution in [3.8, 4) is 0 Å². The van der Waals surface area contributed by atoms with E-state index < -0.39 is 0 Å². The van der Waals surface area contributed by atoms with Crippen molar-refractivity contribution in [2.24, 2.45) is 16.2 Å². The molecule has 3 aliphatic rings. The van der Waals surface area contributed by atoms with Gasteiger partial charge in [0.15, 0.2) is 0 Å². The Balaban J connectivity index is 1.82. The molecule has 0 aliphatic heterocycles. The van der Waals surface area contributed by atoms with Crippen LogP contribution in [0.1, 0.15) is 52.9 Å². The maximum Gasteiger partial charge on any atom is 0.139 e. The highest BCUT2D eigenvalue weighted by molar-refractivity contribution is 5.88. The van der Waals surface area contributed by atoms with Crippen LogP contribution in [0.3, 0.4) is 0 Å². The zero-order valence-corrected chi connectivity index (χ0v) is 10.2. The molecule has 2 bridgehead atoms. The molecule has 0 aromatic heterocycles. The van der Waals surface area contributed by atoms with Gasteiger partial charge in [0, 0.05) is 11.8 Å². The van der Waals surface area contributed by atoms with Crippen LogP contribution in [0, 0.1) is 16.2 Å². The summed E-state index contributed by atoms with van der Waals surface area (Å²) in [5.41, 5.74) is 0.790. The second-order valence-corrected chi connectivity index (χ2v) is 6.74. The molecule has 0 atom stereocenters. The summed E-state index contributed by atoms with van der Waals surface area (Å²) in [5.74, 6) is 0.515. The predicted octanol–water partition coefficient (Wildman–Crippen LogP) is 3.74. The molecule has 0 unspecified atom stereocenters. The highest BCUT2D eigenvalue weighted by atomic mass is 16.1. The second-order valence-electron chi connectivity index (χ2n) is 6.74. The Kier molecular flexibility index (Phi) is 2.15. The van der Waals surface area contributed by atoms with Crippen LogP contribution >= 0.6 is 0 Å². The van der Waals surface area contributed by atoms with Gasteiger partial charge in [0.2, 0.25) is 0 Å². The monoisotopic (exact) mass is 206 g/mol. The van der Waals surface area contributed by atoms with Crippen molar-refractivity contribution in [3.63, 3.8) is 0 Å². The van der Waals surface area contributed by atoms with Crippen LogP contribution in [-0.2, 0) is 4.79 Å². The minimum absolute atomic E-state index is 0.114. The standard InChI is InChI=1S/C14H22O/c1-5-12(2,3)7-6-11(15)14-8-13(4,9-14)10-14/h5H,1,6-10H2,2-4H3. The Morgan fingerprint density at radius 1 is 1.40 bits per heavy atom. The molecular formula is C14H22O. The van der Waals surface area contributed by atoms with Gasteiger partial charge in [-0.2, -0.15) is 0 Å². The fraction of sp³-hybridized carbons (Fsp3) is 0.786. The van der Waals surface area contributed by atoms with Gasteiger partial charge in [-0.15, -0.1) is 6.58 Å². The zero-order chi connectivity index (χ0) is 11.3. The molecule has 0 N–H and O–H groups in total. The van der Waals surface area contributed by atoms with Crippen LogP contribution in [0.15, 0.2) is 12.7 Å². The molecule has 0 aromatic carbocycles. The quantitative estimate of drug-likeness (QED) is 0.626. The number of rotatable bonds is 5. The van der Waals surface area contributed by atoms with Gasteiger partial charge in [0.05, 0.1) is 0 Å². The van der Waals surface area contributed by atoms with E-state index >= 15 is 0 Å². The van der Waals surface area contributed by atoms with E-state index in [1.54, 1.807) is 0 Å². The highest BCUT2D eigenvalue weighted by Crippen LogP contribution is 2.73. The molecular weight excluding hydrogens is 184 g/mol. The maximum absolute atomic E-state index is 12.1. The lowest BCUT2D eigenvalue weighted by Crippen LogP contribution is -2.63. The molecule has 0 aromatic rings. The van der Waals surface area contributed by atoms with E-state index in [0.717, 1.165) is 32.1 Å². The average molecular weight is 206 g/mol. The fourth-order valence-electron chi connectivity index (χ4n) is 3.39. The average Bonchev–Trinajstić information content (AvgIpc) is 2.08. The number of allylic oxidation sites excluding steroid dienone is 1. The van der Waals surface area contributed by atoms with Crippen molar-refractivity contribution in [1.29, 1.82) is 0 Å². The number of Topliss-reactive ketones (excluding diaryl/α,β-unsaturated/α-hetero) is 1. The molecule has 15 heavy (non-hydrogen) atoms. The highest BCUT2D eigenvalue weighted by Gasteiger charge is 2.67. The Bertz CT molecular complexity index is 292. The van der Waals surface area contributed by atoms with Crippen molar-refractivity contribution >= 4 is 5.78 Å². The van der Waals surface area contributed by atoms with E-state index in [2.05, 4.69) is 27.4 Å². The summed E-state index contributed by atoms with van der Waals surface area (Å²) in [4.78, 5) is 12.1. The first-order valence-corrected chi connectivity index (χ1v) is 5.98. The lowest BCUT2D eigenvalue weighted by molar-refractivity contribution is -0.197. The van der Waals surface area contributed by atoms with Crippen molar-refractivity contribution < 1.29 is 4.79 Å². The third kappa shape index (κ3) is 1.66. The molecule has 0 heterocycles. The SMILES string of the molecule is C=CC(C)(C)CCC(=O)C12CC(C)(C1)C2. The van der Waals surface area contributed by atoms with E-state index in [9.17, 15) is 4.79 Å². The van der Waals surface area contributed by atoms with Gasteiger partial charge in [-0.25, -0.2) is 0 Å². The van der Waals surface area contributed by atoms with Crippen LogP contribution < -0.4 is 0 Å². The largest absolute Gasteiger partial charge is 0.299 e. The van der Waals surface area contributed by atoms with Gasteiger partial charge in [-0.3, -0.25) is 4.79 Å². The first-order chi connectivity index (χ1) is 6.81. The van der Waals surface area contributed by atoms with E-state index in [-0.39, 0.29) is 10.8 Å². The molecule has 1 nitrogen and oxygen atoms in total. The Labute approximate surface area is 92.9 Å². The Hall–Kier alpha value is -0.590. The Morgan fingerprint density at radius 3 is 2.33 bits per heavy atom. The molecule has 0 saturated heterocycles. The van der Waals surface area contributed by atoms with Gasteiger partial charge in [0.1, 0.15) is 5.78 Å². The summed E-state index contributed by atoms with van der Waals surface area (Å²) in [6.07, 6.45) is 7.14. The maximum atomic E-state index is 12.1. The lowest BCUT2D eigenvalue weighted by atomic mass is 9.34. The van der Waals surface area contributed by atoms with Crippen molar-refractivity contribution in [2.75, 3.05) is 0 Å². The zero-order valence-electron chi connectivity index (χ0n) is 10.2. The third-order valence-corrected chi connectivity index (χ3v) is 4.44. The molecule has 3 fully saturated rings. The number of hydrogen-bond donors (Lipinski definition) is 0. The summed E-state index contributed by atoms with van der Waals surface area (Å²) in [6.45, 7) is 10.4. The molecule has 3 aliphatic carbocycles. The van der Waals surface area contributed by atoms with Gasteiger partial charge in [-0.05, 0) is 36.5 Å². The summed E-state index contributed by atoms with van der Waals surface area (Å²) in [6, 6.07) is 0. The van der Waals surface area contributed by atoms with Crippen LogP contribution in [0.4, 0.5) is 0 Å². The van der Waals surface area contributed by atoms with Gasteiger partial charge in [0.25, 0.3) is 0 Å².